The average molecular weight is 1460 g/mol. The zero-order valence-electron chi connectivity index (χ0n) is 34.0. The van der Waals surface area contributed by atoms with Crippen LogP contribution in [0.15, 0.2) is 12.2 Å². The maximum Gasteiger partial charge on any atom is 0.250 e. The van der Waals surface area contributed by atoms with Crippen LogP contribution in [0, 0.1) is 0 Å². The third-order valence-electron chi connectivity index (χ3n) is 8.58. The van der Waals surface area contributed by atoms with Gasteiger partial charge in [-0.25, -0.2) is 0 Å². The van der Waals surface area contributed by atoms with E-state index >= 15 is 0 Å². The second-order valence-corrected chi connectivity index (χ2v) is 21.8. The molecule has 0 aromatic heterocycles. The van der Waals surface area contributed by atoms with E-state index in [1.54, 1.807) is 13.8 Å². The van der Waals surface area contributed by atoms with Crippen LogP contribution in [0.1, 0.15) is 13.8 Å². The molecule has 372 valence electrons. The van der Waals surface area contributed by atoms with Gasteiger partial charge in [0.15, 0.2) is 0 Å². The van der Waals surface area contributed by atoms with Crippen molar-refractivity contribution in [3.05, 3.63) is 12.2 Å². The number of carbonyl (C=O) groups excluding carboxylic acids is 14. The van der Waals surface area contributed by atoms with Crippen LogP contribution < -0.4 is 16.0 Å². The van der Waals surface area contributed by atoms with E-state index in [-0.39, 0.29) is 59.1 Å². The lowest BCUT2D eigenvalue weighted by Gasteiger charge is -2.08. The van der Waals surface area contributed by atoms with Crippen molar-refractivity contribution < 1.29 is 67.1 Å². The van der Waals surface area contributed by atoms with E-state index in [0.717, 1.165) is 14.7 Å². The second-order valence-electron chi connectivity index (χ2n) is 13.0. The molecule has 21 nitrogen and oxygen atoms in total. The van der Waals surface area contributed by atoms with Crippen LogP contribution in [0.4, 0.5) is 0 Å². The number of carbonyl (C=O) groups is 14. The molecule has 0 aliphatic carbocycles. The molecule has 67 heavy (non-hydrogen) atoms. The van der Waals surface area contributed by atoms with E-state index in [4.69, 9.17) is 69.6 Å². The monoisotopic (exact) mass is 1450 g/mol. The van der Waals surface area contributed by atoms with E-state index in [1.807, 2.05) is 10.6 Å². The first kappa shape index (κ1) is 63.4. The van der Waals surface area contributed by atoms with Gasteiger partial charge in [0.1, 0.15) is 61.2 Å². The molecule has 0 radical (unpaired) electrons. The Kier molecular flexibility index (Phi) is 26.9. The molecule has 0 bridgehead atoms. The van der Waals surface area contributed by atoms with Gasteiger partial charge in [-0.3, -0.25) is 103 Å². The summed E-state index contributed by atoms with van der Waals surface area (Å²) in [6, 6.07) is 0. The van der Waals surface area contributed by atoms with E-state index in [0.29, 0.717) is 13.1 Å². The van der Waals surface area contributed by atoms with Crippen LogP contribution in [0.3, 0.4) is 0 Å². The molecule has 33 heteroatoms. The van der Waals surface area contributed by atoms with Gasteiger partial charge in [-0.05, 0) is 13.8 Å². The summed E-state index contributed by atoms with van der Waals surface area (Å²) in [5, 5.41) is 0.790. The molecule has 12 unspecified atom stereocenters. The average Bonchev–Trinajstić information content (AvgIpc) is 4.04. The molecule has 0 spiro atoms. The molecule has 6 saturated heterocycles. The highest BCUT2D eigenvalue weighted by Gasteiger charge is 2.46. The molecule has 7 heterocycles. The molecule has 6 fully saturated rings. The van der Waals surface area contributed by atoms with Crippen molar-refractivity contribution in [1.29, 1.82) is 0 Å². The zero-order chi connectivity index (χ0) is 52.3. The van der Waals surface area contributed by atoms with Crippen molar-refractivity contribution in [3.8, 4) is 0 Å². The largest absolute Gasteiger partial charge is 0.294 e. The summed E-state index contributed by atoms with van der Waals surface area (Å²) in [6.45, 7) is 4.26. The van der Waals surface area contributed by atoms with Crippen molar-refractivity contribution in [3.63, 3.8) is 0 Å². The number of alkyl halides is 12. The fraction of sp³-hybridized carbons (Fsp3) is 0.529. The lowest BCUT2D eigenvalue weighted by Crippen LogP contribution is -2.30. The fourth-order valence-corrected chi connectivity index (χ4v) is 8.82. The molecular weight excluding hydrogens is 1420 g/mol. The van der Waals surface area contributed by atoms with Gasteiger partial charge in [0, 0.05) is 39.3 Å². The Morgan fingerprint density at radius 3 is 0.761 bits per heavy atom. The highest BCUT2D eigenvalue weighted by atomic mass is 79.9. The smallest absolute Gasteiger partial charge is 0.250 e. The van der Waals surface area contributed by atoms with Crippen molar-refractivity contribution in [1.82, 2.24) is 35.6 Å². The molecule has 0 aromatic rings. The number of nitrogens with zero attached hydrogens (tertiary/aromatic N) is 4. The molecule has 7 rings (SSSR count). The molecule has 7 aliphatic heterocycles. The van der Waals surface area contributed by atoms with Gasteiger partial charge in [0.05, 0.1) is 0 Å². The maximum atomic E-state index is 11.2. The van der Waals surface area contributed by atoms with E-state index in [2.05, 4.69) is 101 Å². The zero-order valence-corrected chi connectivity index (χ0v) is 48.1. The SMILES string of the molecule is CCN1C(=O)C(Br)C(Br)C1=O.CCN1C(=O)C(Cl)C(Cl)C1=O.CN1C(=O)C(Br)C(Br)C1=O.CN1C(=O)C(Cl)C(Cl)C1=O.O=C1C=CC(=O)N1.O=C1NC(=O)C(Br)C1Br.O=C1NC(=O)C(Cl)C1Cl. The standard InChI is InChI=1S/C6H7Br2NO2.C6H7Cl2NO2.C5H5Br2NO2.C5H5Cl2NO2.C4H3Br2NO2.C4H3Cl2NO2.C4H3NO2/c2*1-2-9-5(10)3(7)4(8)6(9)11;2*1-8-4(9)2(6)3(7)5(8)10;2*5-1-2(6)4(9)7-3(1)8;6-3-1-2-4(7)5-3/h2*3-4H,2H2,1H3;2*2-3H,1H3;2*1-2H,(H,7,8,9);1-2H,(H,5,6,7). The number of likely N-dealkylation sites (tertiary alicyclic amines) is 4. The minimum atomic E-state index is -0.904. The third kappa shape index (κ3) is 16.4. The van der Waals surface area contributed by atoms with Crippen molar-refractivity contribution in [2.24, 2.45) is 0 Å². The highest BCUT2D eigenvalue weighted by Crippen LogP contribution is 2.27. The van der Waals surface area contributed by atoms with E-state index in [9.17, 15) is 67.1 Å². The second kappa shape index (κ2) is 28.4. The molecule has 7 aliphatic rings. The molecular formula is C34H33Br6Cl6N7O14. The summed E-state index contributed by atoms with van der Waals surface area (Å²) < 4.78 is 0. The van der Waals surface area contributed by atoms with Crippen LogP contribution in [0.5, 0.6) is 0 Å². The lowest BCUT2D eigenvalue weighted by atomic mass is 10.3. The fourth-order valence-electron chi connectivity index (χ4n) is 4.80. The topological polar surface area (TPSA) is 288 Å². The van der Waals surface area contributed by atoms with Crippen LogP contribution in [0.2, 0.25) is 0 Å². The Balaban J connectivity index is 0.000000392. The number of amides is 14. The first-order valence-corrected chi connectivity index (χ1v) is 26.2. The summed E-state index contributed by atoms with van der Waals surface area (Å²) in [4.78, 5) is 152. The van der Waals surface area contributed by atoms with E-state index in [1.165, 1.54) is 31.1 Å². The van der Waals surface area contributed by atoms with Crippen molar-refractivity contribution >= 4 is 248 Å². The van der Waals surface area contributed by atoms with Gasteiger partial charge in [0.25, 0.3) is 11.8 Å². The summed E-state index contributed by atoms with van der Waals surface area (Å²) >= 11 is 51.2. The first-order chi connectivity index (χ1) is 30.8. The van der Waals surface area contributed by atoms with Gasteiger partial charge in [0.2, 0.25) is 70.9 Å². The predicted molar refractivity (Wildman–Crippen MR) is 263 cm³/mol. The number of nitrogens with one attached hydrogen (secondary N) is 3. The normalized spacial score (nSPS) is 31.7. The number of hydrogen-bond acceptors (Lipinski definition) is 14. The minimum absolute atomic E-state index is 0.153. The van der Waals surface area contributed by atoms with Gasteiger partial charge < -0.3 is 0 Å². The van der Waals surface area contributed by atoms with Gasteiger partial charge >= 0.3 is 0 Å². The Morgan fingerprint density at radius 1 is 0.373 bits per heavy atom. The summed E-state index contributed by atoms with van der Waals surface area (Å²) in [6.07, 6.45) is 2.39. The Bertz CT molecular complexity index is 1840. The molecule has 0 aromatic carbocycles. The van der Waals surface area contributed by atoms with Crippen LogP contribution in [0.25, 0.3) is 0 Å². The summed E-state index contributed by atoms with van der Waals surface area (Å²) in [5.41, 5.74) is 0. The number of halogens is 12. The van der Waals surface area contributed by atoms with Gasteiger partial charge in [-0.15, -0.1) is 69.6 Å². The van der Waals surface area contributed by atoms with Crippen molar-refractivity contribution in [2.75, 3.05) is 27.2 Å². The number of rotatable bonds is 2. The van der Waals surface area contributed by atoms with E-state index < -0.39 is 84.9 Å². The quantitative estimate of drug-likeness (QED) is 0.261. The third-order valence-corrected chi connectivity index (χ3v) is 19.3. The number of hydrogen-bond donors (Lipinski definition) is 3. The summed E-state index contributed by atoms with van der Waals surface area (Å²) in [5.74, 6) is -4.55. The molecule has 3 N–H and O–H groups in total. The lowest BCUT2D eigenvalue weighted by molar-refractivity contribution is -0.139. The Morgan fingerprint density at radius 2 is 0.627 bits per heavy atom. The first-order valence-electron chi connectivity index (χ1n) is 18.1. The minimum Gasteiger partial charge on any atom is -0.294 e. The molecule has 12 atom stereocenters. The number of imide groups is 7. The predicted octanol–water partition coefficient (Wildman–Crippen LogP) is 1.43. The van der Waals surface area contributed by atoms with Crippen molar-refractivity contribution in [2.45, 2.75) is 75.1 Å². The Labute approximate surface area is 460 Å². The maximum absolute atomic E-state index is 11.2. The highest BCUT2D eigenvalue weighted by molar-refractivity contribution is 9.13. The van der Waals surface area contributed by atoms with Gasteiger partial charge in [-0.2, -0.15) is 0 Å². The summed E-state index contributed by atoms with van der Waals surface area (Å²) in [7, 11) is 2.84. The van der Waals surface area contributed by atoms with Gasteiger partial charge in [-0.1, -0.05) is 95.6 Å². The van der Waals surface area contributed by atoms with Crippen LogP contribution in [-0.4, -0.2) is 191 Å². The molecule has 0 saturated carbocycles. The Hall–Kier alpha value is -1.66. The van der Waals surface area contributed by atoms with Crippen LogP contribution in [-0.2, 0) is 67.1 Å². The molecule has 14 amide bonds. The van der Waals surface area contributed by atoms with Crippen LogP contribution >= 0.6 is 165 Å².